The quantitative estimate of drug-likeness (QED) is 0.532. The average Bonchev–Trinajstić information content (AvgIpc) is 2.59. The van der Waals surface area contributed by atoms with Crippen LogP contribution in [0.25, 0.3) is 0 Å². The van der Waals surface area contributed by atoms with Gasteiger partial charge in [-0.15, -0.1) is 0 Å². The summed E-state index contributed by atoms with van der Waals surface area (Å²) in [5.41, 5.74) is 7.89. The fourth-order valence-electron chi connectivity index (χ4n) is 2.51. The number of nitrogens with one attached hydrogen (secondary N) is 1. The number of carbonyl (C=O) groups excluding carboxylic acids is 2. The molecule has 0 atom stereocenters. The molecule has 1 aromatic rings. The molecule has 1 aromatic carbocycles. The summed E-state index contributed by atoms with van der Waals surface area (Å²) in [6, 6.07) is 6.45. The zero-order valence-electron chi connectivity index (χ0n) is 14.5. The largest absolute Gasteiger partial charge is 0.395 e. The smallest absolute Gasteiger partial charge is 0.316 e. The number of anilines is 1. The second-order valence-corrected chi connectivity index (χ2v) is 5.69. The van der Waals surface area contributed by atoms with Gasteiger partial charge >= 0.3 is 6.03 Å². The van der Waals surface area contributed by atoms with Gasteiger partial charge in [0.05, 0.1) is 30.3 Å². The van der Waals surface area contributed by atoms with Crippen LogP contribution in [0.1, 0.15) is 6.92 Å². The van der Waals surface area contributed by atoms with Gasteiger partial charge in [0.15, 0.2) is 0 Å². The van der Waals surface area contributed by atoms with Crippen LogP contribution >= 0.6 is 0 Å². The fraction of sp³-hybridized carbons (Fsp3) is 0.278. The van der Waals surface area contributed by atoms with Crippen LogP contribution in [-0.2, 0) is 4.79 Å². The van der Waals surface area contributed by atoms with Gasteiger partial charge < -0.3 is 26.2 Å². The first kappa shape index (κ1) is 19.4. The van der Waals surface area contributed by atoms with Crippen molar-refractivity contribution in [2.75, 3.05) is 31.2 Å². The van der Waals surface area contributed by atoms with Gasteiger partial charge in [0.2, 0.25) is 5.78 Å². The monoisotopic (exact) mass is 358 g/mol. The molecule has 0 aromatic heterocycles. The number of allylic oxidation sites excluding steroid dienone is 3. The standard InChI is InChI=1S/C18H22N4O4/c1-12-10-17(25)16(21-18(19)26)11-15(12)20-13-2-4-14(5-3-13)22(6-8-23)7-9-24/h2-5,10-11,23-24H,6-9H2,1H3,(H3,19,21,26). The fourth-order valence-corrected chi connectivity index (χ4v) is 2.51. The molecule has 2 rings (SSSR count). The van der Waals surface area contributed by atoms with Gasteiger partial charge in [-0.05, 0) is 48.9 Å². The Morgan fingerprint density at radius 1 is 1.15 bits per heavy atom. The Labute approximate surface area is 151 Å². The third-order valence-electron chi connectivity index (χ3n) is 3.76. The highest BCUT2D eigenvalue weighted by Gasteiger charge is 2.17. The lowest BCUT2D eigenvalue weighted by Gasteiger charge is -2.22. The van der Waals surface area contributed by atoms with E-state index < -0.39 is 6.03 Å². The highest BCUT2D eigenvalue weighted by atomic mass is 16.3. The molecule has 138 valence electrons. The minimum Gasteiger partial charge on any atom is -0.395 e. The van der Waals surface area contributed by atoms with Gasteiger partial charge in [-0.1, -0.05) is 0 Å². The molecule has 2 amide bonds. The molecule has 5 N–H and O–H groups in total. The summed E-state index contributed by atoms with van der Waals surface area (Å²) in [7, 11) is 0. The lowest BCUT2D eigenvalue weighted by molar-refractivity contribution is -0.111. The van der Waals surface area contributed by atoms with E-state index in [1.165, 1.54) is 12.2 Å². The van der Waals surface area contributed by atoms with E-state index in [1.807, 2.05) is 17.0 Å². The molecule has 1 aliphatic rings. The van der Waals surface area contributed by atoms with Crippen LogP contribution in [0.15, 0.2) is 52.7 Å². The number of nitrogens with two attached hydrogens (primary N) is 1. The molecule has 0 spiro atoms. The van der Waals surface area contributed by atoms with Crippen LogP contribution in [0.4, 0.5) is 16.2 Å². The molecule has 0 unspecified atom stereocenters. The topological polar surface area (TPSA) is 128 Å². The van der Waals surface area contributed by atoms with Crippen molar-refractivity contribution in [2.45, 2.75) is 6.92 Å². The van der Waals surface area contributed by atoms with Crippen molar-refractivity contribution >= 4 is 28.9 Å². The number of amides is 2. The van der Waals surface area contributed by atoms with Crippen molar-refractivity contribution in [3.8, 4) is 0 Å². The molecule has 8 heteroatoms. The van der Waals surface area contributed by atoms with Crippen LogP contribution in [0.5, 0.6) is 0 Å². The molecule has 0 radical (unpaired) electrons. The maximum absolute atomic E-state index is 11.9. The highest BCUT2D eigenvalue weighted by Crippen LogP contribution is 2.22. The summed E-state index contributed by atoms with van der Waals surface area (Å²) in [5, 5.41) is 20.5. The minimum absolute atomic E-state index is 0.0114. The van der Waals surface area contributed by atoms with Gasteiger partial charge in [-0.2, -0.15) is 0 Å². The predicted octanol–water partition coefficient (Wildman–Crippen LogP) is 0.631. The molecule has 0 heterocycles. The van der Waals surface area contributed by atoms with E-state index in [2.05, 4.69) is 10.3 Å². The Kier molecular flexibility index (Phi) is 6.65. The number of aliphatic hydroxyl groups is 2. The Balaban J connectivity index is 2.25. The zero-order valence-corrected chi connectivity index (χ0v) is 14.5. The molecule has 0 saturated heterocycles. The van der Waals surface area contributed by atoms with Gasteiger partial charge in [0.1, 0.15) is 0 Å². The molecule has 0 saturated carbocycles. The Morgan fingerprint density at radius 2 is 1.77 bits per heavy atom. The number of primary amides is 1. The van der Waals surface area contributed by atoms with Gasteiger partial charge in [0.25, 0.3) is 0 Å². The zero-order chi connectivity index (χ0) is 19.1. The molecule has 0 fully saturated rings. The molecule has 1 aliphatic carbocycles. The lowest BCUT2D eigenvalue weighted by atomic mass is 10.0. The van der Waals surface area contributed by atoms with Gasteiger partial charge in [-0.25, -0.2) is 9.79 Å². The van der Waals surface area contributed by atoms with E-state index in [4.69, 9.17) is 15.9 Å². The van der Waals surface area contributed by atoms with Crippen LogP contribution in [0.3, 0.4) is 0 Å². The average molecular weight is 358 g/mol. The first-order chi connectivity index (χ1) is 12.4. The van der Waals surface area contributed by atoms with E-state index in [9.17, 15) is 9.59 Å². The van der Waals surface area contributed by atoms with Crippen molar-refractivity contribution < 1.29 is 19.8 Å². The van der Waals surface area contributed by atoms with E-state index in [0.717, 1.165) is 5.69 Å². The molecule has 26 heavy (non-hydrogen) atoms. The maximum atomic E-state index is 11.9. The summed E-state index contributed by atoms with van der Waals surface area (Å²) in [6.45, 7) is 2.57. The second-order valence-electron chi connectivity index (χ2n) is 5.69. The molecular weight excluding hydrogens is 336 g/mol. The molecule has 8 nitrogen and oxygen atoms in total. The Hall–Kier alpha value is -2.97. The summed E-state index contributed by atoms with van der Waals surface area (Å²) < 4.78 is 0. The minimum atomic E-state index is -0.811. The number of urea groups is 1. The maximum Gasteiger partial charge on any atom is 0.316 e. The molecular formula is C18H22N4O4. The van der Waals surface area contributed by atoms with E-state index in [-0.39, 0.29) is 24.7 Å². The number of aliphatic imine (C=N–C) groups is 1. The highest BCUT2D eigenvalue weighted by molar-refractivity contribution is 6.22. The number of nitrogens with zero attached hydrogens (tertiary/aromatic N) is 2. The van der Waals surface area contributed by atoms with Gasteiger partial charge in [-0.3, -0.25) is 4.79 Å². The summed E-state index contributed by atoms with van der Waals surface area (Å²) in [4.78, 5) is 29.2. The van der Waals surface area contributed by atoms with Crippen LogP contribution in [0.2, 0.25) is 0 Å². The third-order valence-corrected chi connectivity index (χ3v) is 3.76. The van der Waals surface area contributed by atoms with Crippen LogP contribution in [-0.4, -0.2) is 54.0 Å². The van der Waals surface area contributed by atoms with Crippen molar-refractivity contribution in [3.63, 3.8) is 0 Å². The van der Waals surface area contributed by atoms with E-state index >= 15 is 0 Å². The predicted molar refractivity (Wildman–Crippen MR) is 99.5 cm³/mol. The third kappa shape index (κ3) is 5.01. The van der Waals surface area contributed by atoms with E-state index in [0.29, 0.717) is 30.1 Å². The molecule has 0 bridgehead atoms. The number of ketones is 1. The summed E-state index contributed by atoms with van der Waals surface area (Å²) >= 11 is 0. The van der Waals surface area contributed by atoms with E-state index in [1.54, 1.807) is 19.1 Å². The van der Waals surface area contributed by atoms with Crippen LogP contribution in [0, 0.1) is 0 Å². The normalized spacial score (nSPS) is 15.5. The Morgan fingerprint density at radius 3 is 2.31 bits per heavy atom. The second kappa shape index (κ2) is 8.93. The van der Waals surface area contributed by atoms with Crippen molar-refractivity contribution in [3.05, 3.63) is 47.7 Å². The van der Waals surface area contributed by atoms with Gasteiger partial charge in [0, 0.05) is 18.8 Å². The first-order valence-corrected chi connectivity index (χ1v) is 8.11. The van der Waals surface area contributed by atoms with Crippen molar-refractivity contribution in [1.82, 2.24) is 5.32 Å². The first-order valence-electron chi connectivity index (χ1n) is 8.11. The number of hydrogen-bond acceptors (Lipinski definition) is 6. The SMILES string of the molecule is CC1=CC(=O)C(NC(N)=O)=CC1=Nc1ccc(N(CCO)CCO)cc1. The number of rotatable bonds is 7. The van der Waals surface area contributed by atoms with Crippen LogP contribution < -0.4 is 16.0 Å². The number of aliphatic hydroxyl groups excluding tert-OH is 2. The number of hydrogen-bond donors (Lipinski definition) is 4. The lowest BCUT2D eigenvalue weighted by Crippen LogP contribution is -2.33. The number of benzene rings is 1. The summed E-state index contributed by atoms with van der Waals surface area (Å²) in [5.74, 6) is -0.334. The molecule has 0 aliphatic heterocycles. The van der Waals surface area contributed by atoms with Crippen molar-refractivity contribution in [2.24, 2.45) is 10.7 Å². The Bertz CT molecular complexity index is 760. The summed E-state index contributed by atoms with van der Waals surface area (Å²) in [6.07, 6.45) is 2.88. The number of carbonyl (C=O) groups is 2. The van der Waals surface area contributed by atoms with Crippen molar-refractivity contribution in [1.29, 1.82) is 0 Å².